The molecule has 0 aliphatic carbocycles. The predicted octanol–water partition coefficient (Wildman–Crippen LogP) is 9.50. The van der Waals surface area contributed by atoms with E-state index in [-0.39, 0.29) is 11.8 Å². The van der Waals surface area contributed by atoms with Gasteiger partial charge in [0.25, 0.3) is 11.8 Å². The van der Waals surface area contributed by atoms with Gasteiger partial charge in [-0.05, 0) is 107 Å². The molecule has 2 amide bonds. The highest BCUT2D eigenvalue weighted by molar-refractivity contribution is 6.44. The van der Waals surface area contributed by atoms with Gasteiger partial charge in [-0.25, -0.2) is 0 Å². The lowest BCUT2D eigenvalue weighted by Crippen LogP contribution is -2.36. The quantitative estimate of drug-likeness (QED) is 0.114. The minimum absolute atomic E-state index is 0.238. The summed E-state index contributed by atoms with van der Waals surface area (Å²) < 4.78 is 0. The third-order valence-electron chi connectivity index (χ3n) is 9.13. The summed E-state index contributed by atoms with van der Waals surface area (Å²) in [6, 6.07) is 26.0. The first-order valence-corrected chi connectivity index (χ1v) is 14.0. The third-order valence-corrected chi connectivity index (χ3v) is 9.13. The summed E-state index contributed by atoms with van der Waals surface area (Å²) >= 11 is 0. The maximum atomic E-state index is 13.1. The van der Waals surface area contributed by atoms with Crippen LogP contribution in [0, 0.1) is 13.8 Å². The van der Waals surface area contributed by atoms with E-state index in [1.165, 1.54) is 59.1 Å². The van der Waals surface area contributed by atoms with E-state index < -0.39 is 0 Å². The first-order valence-electron chi connectivity index (χ1n) is 14.0. The van der Waals surface area contributed by atoms with Crippen molar-refractivity contribution in [3.63, 3.8) is 0 Å². The first-order chi connectivity index (χ1) is 19.5. The fraction of sp³-hybridized carbons (Fsp3) is 0.135. The lowest BCUT2D eigenvalue weighted by atomic mass is 9.81. The Morgan fingerprint density at radius 3 is 1.05 bits per heavy atom. The zero-order valence-corrected chi connectivity index (χ0v) is 23.2. The summed E-state index contributed by atoms with van der Waals surface area (Å²) in [6.45, 7) is 8.40. The second-order valence-electron chi connectivity index (χ2n) is 10.9. The molecule has 0 N–H and O–H groups in total. The molecule has 0 saturated heterocycles. The van der Waals surface area contributed by atoms with E-state index in [0.717, 1.165) is 32.3 Å². The van der Waals surface area contributed by atoms with E-state index in [9.17, 15) is 9.59 Å². The third kappa shape index (κ3) is 2.51. The number of imide groups is 1. The van der Waals surface area contributed by atoms with Gasteiger partial charge in [0.2, 0.25) is 0 Å². The van der Waals surface area contributed by atoms with Crippen molar-refractivity contribution in [1.82, 2.24) is 4.90 Å². The van der Waals surface area contributed by atoms with Gasteiger partial charge in [0.15, 0.2) is 0 Å². The summed E-state index contributed by atoms with van der Waals surface area (Å²) in [5.41, 5.74) is 3.81. The molecule has 1 aliphatic heterocycles. The molecule has 192 valence electrons. The molecule has 8 aromatic carbocycles. The number of carbonyl (C=O) groups excluding carboxylic acids is 2. The highest BCUT2D eigenvalue weighted by atomic mass is 16.2. The second-order valence-corrected chi connectivity index (χ2v) is 10.9. The molecular formula is C37H27NO2. The first kappa shape index (κ1) is 23.2. The standard InChI is InChI=1S/C35H21NO2.C2H6/c1-16-4-6-18-20-8-10-22-24-12-14-26-33-27(35(38)36(3)34(26)37)15-13-25(32(24)33)23-11-9-21(30(20)31(22)23)19-7-5-17(2)28(16)29(18)19;1-2/h4-15H,1-3H3;1-2H3. The van der Waals surface area contributed by atoms with Crippen LogP contribution >= 0.6 is 0 Å². The molecule has 1 aliphatic rings. The Hall–Kier alpha value is -4.76. The van der Waals surface area contributed by atoms with Crippen LogP contribution in [0.25, 0.3) is 75.4 Å². The Balaban J connectivity index is 0.00000120. The summed E-state index contributed by atoms with van der Waals surface area (Å²) in [5, 5.41) is 16.6. The number of hydrogen-bond donors (Lipinski definition) is 0. The van der Waals surface area contributed by atoms with Crippen molar-refractivity contribution in [2.75, 3.05) is 7.05 Å². The highest BCUT2D eigenvalue weighted by Gasteiger charge is 2.32. The van der Waals surface area contributed by atoms with Crippen molar-refractivity contribution < 1.29 is 9.59 Å². The van der Waals surface area contributed by atoms with Gasteiger partial charge in [0.1, 0.15) is 0 Å². The molecule has 8 aromatic rings. The number of hydrogen-bond acceptors (Lipinski definition) is 2. The van der Waals surface area contributed by atoms with Crippen molar-refractivity contribution in [2.45, 2.75) is 27.7 Å². The van der Waals surface area contributed by atoms with Crippen molar-refractivity contribution >= 4 is 87.2 Å². The van der Waals surface area contributed by atoms with Crippen LogP contribution in [-0.2, 0) is 0 Å². The minimum Gasteiger partial charge on any atom is -0.277 e. The predicted molar refractivity (Wildman–Crippen MR) is 169 cm³/mol. The fourth-order valence-corrected chi connectivity index (χ4v) is 7.47. The smallest absolute Gasteiger partial charge is 0.261 e. The van der Waals surface area contributed by atoms with Crippen molar-refractivity contribution in [3.8, 4) is 0 Å². The Bertz CT molecular complexity index is 2260. The van der Waals surface area contributed by atoms with Crippen LogP contribution in [0.4, 0.5) is 0 Å². The van der Waals surface area contributed by atoms with Gasteiger partial charge in [0, 0.05) is 23.6 Å². The van der Waals surface area contributed by atoms with Gasteiger partial charge in [-0.15, -0.1) is 0 Å². The zero-order valence-electron chi connectivity index (χ0n) is 23.2. The number of benzene rings is 8. The maximum absolute atomic E-state index is 13.1. The highest BCUT2D eigenvalue weighted by Crippen LogP contribution is 2.49. The van der Waals surface area contributed by atoms with Crippen LogP contribution in [0.3, 0.4) is 0 Å². The zero-order chi connectivity index (χ0) is 27.6. The van der Waals surface area contributed by atoms with Crippen LogP contribution in [0.5, 0.6) is 0 Å². The minimum atomic E-state index is -0.238. The normalized spacial score (nSPS) is 13.7. The van der Waals surface area contributed by atoms with Gasteiger partial charge in [0.05, 0.1) is 0 Å². The monoisotopic (exact) mass is 517 g/mol. The molecule has 0 aromatic heterocycles. The van der Waals surface area contributed by atoms with Gasteiger partial charge in [-0.2, -0.15) is 0 Å². The van der Waals surface area contributed by atoms with E-state index in [0.29, 0.717) is 11.1 Å². The van der Waals surface area contributed by atoms with E-state index in [1.807, 2.05) is 26.0 Å². The van der Waals surface area contributed by atoms with E-state index >= 15 is 0 Å². The van der Waals surface area contributed by atoms with Crippen LogP contribution in [0.1, 0.15) is 45.7 Å². The molecule has 9 rings (SSSR count). The Kier molecular flexibility index (Phi) is 4.44. The molecule has 40 heavy (non-hydrogen) atoms. The van der Waals surface area contributed by atoms with Crippen LogP contribution in [0.15, 0.2) is 72.8 Å². The number of fused-ring (bicyclic) bond motifs is 4. The van der Waals surface area contributed by atoms with Crippen LogP contribution in [-0.4, -0.2) is 23.8 Å². The van der Waals surface area contributed by atoms with E-state index in [2.05, 4.69) is 74.5 Å². The lowest BCUT2D eigenvalue weighted by Gasteiger charge is -2.26. The van der Waals surface area contributed by atoms with Gasteiger partial charge in [-0.3, -0.25) is 14.5 Å². The SMILES string of the molecule is CC.Cc1ccc2c3ccc4c5ccc6c7c(ccc(c8ccc(c9ccc(C)c1c29)c3c48)c75)C(=O)N(C)C6=O. The van der Waals surface area contributed by atoms with E-state index in [4.69, 9.17) is 0 Å². The van der Waals surface area contributed by atoms with Crippen LogP contribution < -0.4 is 0 Å². The summed E-state index contributed by atoms with van der Waals surface area (Å²) in [7, 11) is 1.56. The van der Waals surface area contributed by atoms with Crippen LogP contribution in [0.2, 0.25) is 0 Å². The molecule has 1 heterocycles. The number of carbonyl (C=O) groups is 2. The molecule has 3 heteroatoms. The molecule has 0 spiro atoms. The molecule has 0 unspecified atom stereocenters. The summed E-state index contributed by atoms with van der Waals surface area (Å²) in [4.78, 5) is 27.4. The second kappa shape index (κ2) is 7.67. The van der Waals surface area contributed by atoms with Gasteiger partial charge >= 0.3 is 0 Å². The summed E-state index contributed by atoms with van der Waals surface area (Å²) in [5.74, 6) is -0.477. The number of amides is 2. The van der Waals surface area contributed by atoms with Gasteiger partial charge < -0.3 is 0 Å². The average molecular weight is 518 g/mol. The number of rotatable bonds is 0. The van der Waals surface area contributed by atoms with Crippen molar-refractivity contribution in [2.24, 2.45) is 0 Å². The Morgan fingerprint density at radius 2 is 0.675 bits per heavy atom. The largest absolute Gasteiger partial charge is 0.277 e. The lowest BCUT2D eigenvalue weighted by molar-refractivity contribution is 0.0651. The average Bonchev–Trinajstić information content (AvgIpc) is 2.99. The fourth-order valence-electron chi connectivity index (χ4n) is 7.47. The molecular weight excluding hydrogens is 490 g/mol. The summed E-state index contributed by atoms with van der Waals surface area (Å²) in [6.07, 6.45) is 0. The molecule has 3 nitrogen and oxygen atoms in total. The topological polar surface area (TPSA) is 37.4 Å². The molecule has 0 fully saturated rings. The Labute approximate surface area is 231 Å². The molecule has 0 radical (unpaired) electrons. The van der Waals surface area contributed by atoms with Crippen molar-refractivity contribution in [1.29, 1.82) is 0 Å². The van der Waals surface area contributed by atoms with Crippen molar-refractivity contribution in [3.05, 3.63) is 95.1 Å². The maximum Gasteiger partial charge on any atom is 0.261 e. The van der Waals surface area contributed by atoms with Gasteiger partial charge in [-0.1, -0.05) is 74.5 Å². The molecule has 0 saturated carbocycles. The molecule has 0 atom stereocenters. The number of aryl methyl sites for hydroxylation is 2. The Morgan fingerprint density at radius 1 is 0.400 bits per heavy atom. The van der Waals surface area contributed by atoms with E-state index in [1.54, 1.807) is 7.05 Å². The number of nitrogens with zero attached hydrogens (tertiary/aromatic N) is 1. The molecule has 0 bridgehead atoms.